The van der Waals surface area contributed by atoms with Crippen molar-refractivity contribution in [1.82, 2.24) is 10.2 Å². The normalized spacial score (nSPS) is 22.4. The van der Waals surface area contributed by atoms with Crippen molar-refractivity contribution in [2.75, 3.05) is 19.6 Å². The zero-order valence-corrected chi connectivity index (χ0v) is 18.1. The molecule has 1 heterocycles. The highest BCUT2D eigenvalue weighted by molar-refractivity contribution is 5.85. The Balaban J connectivity index is 1.48. The monoisotopic (exact) mass is 404 g/mol. The fourth-order valence-corrected chi connectivity index (χ4v) is 4.72. The number of carbonyl (C=O) groups excluding carboxylic acids is 2. The molecular formula is C26H32N2O2. The first kappa shape index (κ1) is 20.6. The maximum atomic E-state index is 13.1. The number of carbonyl (C=O) groups is 2. The molecule has 158 valence electrons. The van der Waals surface area contributed by atoms with Gasteiger partial charge in [0.2, 0.25) is 11.8 Å². The van der Waals surface area contributed by atoms with Gasteiger partial charge in [-0.2, -0.15) is 0 Å². The highest BCUT2D eigenvalue weighted by Gasteiger charge is 2.46. The van der Waals surface area contributed by atoms with E-state index in [0.717, 1.165) is 25.7 Å². The number of benzene rings is 2. The molecule has 1 aliphatic carbocycles. The van der Waals surface area contributed by atoms with Crippen LogP contribution >= 0.6 is 0 Å². The first-order valence-corrected chi connectivity index (χ1v) is 11.2. The van der Waals surface area contributed by atoms with E-state index in [-0.39, 0.29) is 11.8 Å². The molecular weight excluding hydrogens is 372 g/mol. The van der Waals surface area contributed by atoms with Gasteiger partial charge in [0.25, 0.3) is 0 Å². The van der Waals surface area contributed by atoms with Gasteiger partial charge < -0.3 is 10.2 Å². The number of nitrogens with zero attached hydrogens (tertiary/aromatic N) is 1. The second-order valence-electron chi connectivity index (χ2n) is 9.02. The van der Waals surface area contributed by atoms with Crippen LogP contribution in [0.25, 0.3) is 11.1 Å². The number of hydrogen-bond acceptors (Lipinski definition) is 2. The van der Waals surface area contributed by atoms with Gasteiger partial charge in [0.1, 0.15) is 0 Å². The molecule has 1 N–H and O–H groups in total. The predicted molar refractivity (Wildman–Crippen MR) is 120 cm³/mol. The van der Waals surface area contributed by atoms with Gasteiger partial charge in [-0.3, -0.25) is 9.59 Å². The number of hydrogen-bond donors (Lipinski definition) is 1. The van der Waals surface area contributed by atoms with Crippen molar-refractivity contribution in [2.24, 2.45) is 17.3 Å². The van der Waals surface area contributed by atoms with Gasteiger partial charge in [0, 0.05) is 25.6 Å². The van der Waals surface area contributed by atoms with Gasteiger partial charge >= 0.3 is 0 Å². The van der Waals surface area contributed by atoms with Crippen molar-refractivity contribution in [3.8, 4) is 11.1 Å². The molecule has 2 amide bonds. The first-order valence-electron chi connectivity index (χ1n) is 11.2. The molecule has 0 spiro atoms. The third-order valence-electron chi connectivity index (χ3n) is 6.88. The van der Waals surface area contributed by atoms with E-state index in [9.17, 15) is 9.59 Å². The molecule has 1 aliphatic heterocycles. The molecule has 4 heteroatoms. The lowest BCUT2D eigenvalue weighted by atomic mass is 9.72. The summed E-state index contributed by atoms with van der Waals surface area (Å²) in [6.45, 7) is 6.11. The summed E-state index contributed by atoms with van der Waals surface area (Å²) in [4.78, 5) is 27.7. The molecule has 1 saturated carbocycles. The lowest BCUT2D eigenvalue weighted by Crippen LogP contribution is -2.51. The smallest absolute Gasteiger partial charge is 0.226 e. The average molecular weight is 405 g/mol. The third kappa shape index (κ3) is 4.28. The van der Waals surface area contributed by atoms with Gasteiger partial charge in [-0.15, -0.1) is 0 Å². The molecule has 2 aromatic carbocycles. The predicted octanol–water partition coefficient (Wildman–Crippen LogP) is 4.30. The summed E-state index contributed by atoms with van der Waals surface area (Å²) in [7, 11) is 0. The summed E-state index contributed by atoms with van der Waals surface area (Å²) in [6, 6.07) is 18.9. The number of nitrogens with one attached hydrogen (secondary N) is 1. The van der Waals surface area contributed by atoms with E-state index in [4.69, 9.17) is 0 Å². The highest BCUT2D eigenvalue weighted by atomic mass is 16.2. The van der Waals surface area contributed by atoms with Crippen molar-refractivity contribution in [3.63, 3.8) is 0 Å². The summed E-state index contributed by atoms with van der Waals surface area (Å²) in [5, 5.41) is 3.06. The summed E-state index contributed by atoms with van der Waals surface area (Å²) in [5.41, 5.74) is 3.13. The largest absolute Gasteiger partial charge is 0.356 e. The molecule has 2 aliphatic rings. The quantitative estimate of drug-likeness (QED) is 0.780. The fraction of sp³-hybridized carbons (Fsp3) is 0.462. The van der Waals surface area contributed by atoms with Crippen LogP contribution in [-0.4, -0.2) is 36.3 Å². The molecule has 0 bridgehead atoms. The number of piperidine rings is 1. The van der Waals surface area contributed by atoms with E-state index in [2.05, 4.69) is 48.6 Å². The van der Waals surface area contributed by atoms with E-state index in [0.29, 0.717) is 31.5 Å². The van der Waals surface area contributed by atoms with Crippen LogP contribution in [0, 0.1) is 17.3 Å². The van der Waals surface area contributed by atoms with Gasteiger partial charge in [0.15, 0.2) is 0 Å². The Morgan fingerprint density at radius 2 is 1.60 bits per heavy atom. The maximum absolute atomic E-state index is 13.1. The second kappa shape index (κ2) is 8.63. The molecule has 0 radical (unpaired) electrons. The Morgan fingerprint density at radius 3 is 2.17 bits per heavy atom. The van der Waals surface area contributed by atoms with Crippen molar-refractivity contribution < 1.29 is 9.59 Å². The van der Waals surface area contributed by atoms with E-state index >= 15 is 0 Å². The minimum Gasteiger partial charge on any atom is -0.356 e. The Bertz CT molecular complexity index is 883. The average Bonchev–Trinajstić information content (AvgIpc) is 3.51. The Morgan fingerprint density at radius 1 is 1.00 bits per heavy atom. The molecule has 4 nitrogen and oxygen atoms in total. The van der Waals surface area contributed by atoms with Crippen LogP contribution in [0.15, 0.2) is 54.6 Å². The van der Waals surface area contributed by atoms with E-state index < -0.39 is 5.41 Å². The lowest BCUT2D eigenvalue weighted by molar-refractivity contribution is -0.141. The van der Waals surface area contributed by atoms with Crippen molar-refractivity contribution in [3.05, 3.63) is 60.2 Å². The van der Waals surface area contributed by atoms with E-state index in [1.807, 2.05) is 30.0 Å². The first-order chi connectivity index (χ1) is 14.5. The molecule has 0 unspecified atom stereocenters. The molecule has 30 heavy (non-hydrogen) atoms. The summed E-state index contributed by atoms with van der Waals surface area (Å²) in [5.74, 6) is 1.16. The van der Waals surface area contributed by atoms with Crippen LogP contribution in [-0.2, 0) is 16.0 Å². The van der Waals surface area contributed by atoms with Gasteiger partial charge in [-0.25, -0.2) is 0 Å². The number of rotatable bonds is 6. The van der Waals surface area contributed by atoms with Crippen LogP contribution < -0.4 is 5.32 Å². The van der Waals surface area contributed by atoms with E-state index in [1.54, 1.807) is 0 Å². The minimum absolute atomic E-state index is 0.129. The lowest BCUT2D eigenvalue weighted by Gasteiger charge is -2.41. The molecule has 0 aromatic heterocycles. The minimum atomic E-state index is -0.434. The van der Waals surface area contributed by atoms with Crippen LogP contribution in [0.5, 0.6) is 0 Å². The van der Waals surface area contributed by atoms with E-state index in [1.165, 1.54) is 16.7 Å². The Hall–Kier alpha value is -2.62. The summed E-state index contributed by atoms with van der Waals surface area (Å²) >= 11 is 0. The van der Waals surface area contributed by atoms with Gasteiger partial charge in [-0.1, -0.05) is 61.5 Å². The zero-order valence-electron chi connectivity index (χ0n) is 18.1. The van der Waals surface area contributed by atoms with Crippen molar-refractivity contribution in [2.45, 2.75) is 39.5 Å². The van der Waals surface area contributed by atoms with Crippen LogP contribution in [0.1, 0.15) is 38.7 Å². The van der Waals surface area contributed by atoms with Crippen molar-refractivity contribution in [1.29, 1.82) is 0 Å². The number of amides is 2. The molecule has 2 atom stereocenters. The van der Waals surface area contributed by atoms with Gasteiger partial charge in [0.05, 0.1) is 5.41 Å². The number of likely N-dealkylation sites (tertiary alicyclic amines) is 1. The zero-order chi connectivity index (χ0) is 21.1. The second-order valence-corrected chi connectivity index (χ2v) is 9.02. The Kier molecular flexibility index (Phi) is 5.94. The maximum Gasteiger partial charge on any atom is 0.226 e. The third-order valence-corrected chi connectivity index (χ3v) is 6.88. The molecule has 4 rings (SSSR count). The topological polar surface area (TPSA) is 49.4 Å². The molecule has 2 fully saturated rings. The summed E-state index contributed by atoms with van der Waals surface area (Å²) in [6.07, 6.45) is 3.19. The van der Waals surface area contributed by atoms with Crippen LogP contribution in [0.3, 0.4) is 0 Å². The van der Waals surface area contributed by atoms with Gasteiger partial charge in [-0.05, 0) is 55.2 Å². The molecule has 1 saturated heterocycles. The van der Waals surface area contributed by atoms with Crippen molar-refractivity contribution >= 4 is 11.8 Å². The fourth-order valence-electron chi connectivity index (χ4n) is 4.72. The SMILES string of the molecule is CCNC(=O)C1(Cc2ccc(-c3ccccc3)cc2)CCN(C(=O)[C@@H]2C[C@H]2C)CC1. The highest BCUT2D eigenvalue weighted by Crippen LogP contribution is 2.42. The Labute approximate surface area is 179 Å². The van der Waals surface area contributed by atoms with Crippen LogP contribution in [0.2, 0.25) is 0 Å². The summed E-state index contributed by atoms with van der Waals surface area (Å²) < 4.78 is 0. The standard InChI is InChI=1S/C26H32N2O2/c1-3-27-25(30)26(13-15-28(16-14-26)24(29)23-17-19(23)2)18-20-9-11-22(12-10-20)21-7-5-4-6-8-21/h4-12,19,23H,3,13-18H2,1-2H3,(H,27,30)/t19-,23-/m1/s1. The molecule has 2 aromatic rings. The van der Waals surface area contributed by atoms with Crippen LogP contribution in [0.4, 0.5) is 0 Å².